The maximum absolute atomic E-state index is 12.5. The molecule has 4 heteroatoms. The van der Waals surface area contributed by atoms with E-state index in [1.165, 1.54) is 10.8 Å². The molecule has 0 aromatic heterocycles. The summed E-state index contributed by atoms with van der Waals surface area (Å²) < 4.78 is 0. The van der Waals surface area contributed by atoms with E-state index in [2.05, 4.69) is 53.5 Å². The predicted molar refractivity (Wildman–Crippen MR) is 91.3 cm³/mol. The SMILES string of the molecule is CCN(CC(=O)N1CCNCC1)c1cccc2ccccc12. The second kappa shape index (κ2) is 6.79. The minimum atomic E-state index is 0.219. The van der Waals surface area contributed by atoms with Crippen molar-refractivity contribution in [2.45, 2.75) is 6.92 Å². The Bertz CT molecular complexity index is 644. The van der Waals surface area contributed by atoms with Crippen LogP contribution in [0, 0.1) is 0 Å². The first kappa shape index (κ1) is 14.9. The van der Waals surface area contributed by atoms with Gasteiger partial charge in [-0.15, -0.1) is 0 Å². The van der Waals surface area contributed by atoms with Crippen LogP contribution >= 0.6 is 0 Å². The second-order valence-electron chi connectivity index (χ2n) is 5.64. The lowest BCUT2D eigenvalue weighted by Gasteiger charge is -2.31. The van der Waals surface area contributed by atoms with Crippen molar-refractivity contribution >= 4 is 22.4 Å². The van der Waals surface area contributed by atoms with Gasteiger partial charge in [-0.2, -0.15) is 0 Å². The summed E-state index contributed by atoms with van der Waals surface area (Å²) in [7, 11) is 0. The Labute approximate surface area is 131 Å². The lowest BCUT2D eigenvalue weighted by Crippen LogP contribution is -2.49. The van der Waals surface area contributed by atoms with Crippen LogP contribution in [0.15, 0.2) is 42.5 Å². The van der Waals surface area contributed by atoms with Crippen LogP contribution in [0.5, 0.6) is 0 Å². The molecule has 0 radical (unpaired) electrons. The van der Waals surface area contributed by atoms with Crippen molar-refractivity contribution in [3.63, 3.8) is 0 Å². The first-order valence-electron chi connectivity index (χ1n) is 8.01. The smallest absolute Gasteiger partial charge is 0.242 e. The fourth-order valence-corrected chi connectivity index (χ4v) is 3.03. The first-order valence-corrected chi connectivity index (χ1v) is 8.01. The van der Waals surface area contributed by atoms with Gasteiger partial charge in [0.1, 0.15) is 0 Å². The second-order valence-corrected chi connectivity index (χ2v) is 5.64. The lowest BCUT2D eigenvalue weighted by molar-refractivity contribution is -0.130. The van der Waals surface area contributed by atoms with Crippen LogP contribution in [0.2, 0.25) is 0 Å². The van der Waals surface area contributed by atoms with Crippen molar-refractivity contribution in [1.29, 1.82) is 0 Å². The Hall–Kier alpha value is -2.07. The number of carbonyl (C=O) groups is 1. The van der Waals surface area contributed by atoms with Gasteiger partial charge < -0.3 is 15.1 Å². The average Bonchev–Trinajstić information content (AvgIpc) is 2.60. The number of rotatable bonds is 4. The molecule has 0 unspecified atom stereocenters. The Morgan fingerprint density at radius 3 is 2.64 bits per heavy atom. The summed E-state index contributed by atoms with van der Waals surface area (Å²) in [5.41, 5.74) is 1.14. The van der Waals surface area contributed by atoms with E-state index in [4.69, 9.17) is 0 Å². The minimum absolute atomic E-state index is 0.219. The highest BCUT2D eigenvalue weighted by Crippen LogP contribution is 2.26. The number of fused-ring (bicyclic) bond motifs is 1. The van der Waals surface area contributed by atoms with Gasteiger partial charge in [-0.3, -0.25) is 4.79 Å². The molecule has 1 amide bonds. The average molecular weight is 297 g/mol. The van der Waals surface area contributed by atoms with Crippen LogP contribution < -0.4 is 10.2 Å². The van der Waals surface area contributed by atoms with Gasteiger partial charge in [0.25, 0.3) is 0 Å². The van der Waals surface area contributed by atoms with Crippen molar-refractivity contribution in [2.24, 2.45) is 0 Å². The Morgan fingerprint density at radius 1 is 1.14 bits per heavy atom. The van der Waals surface area contributed by atoms with Crippen molar-refractivity contribution in [3.05, 3.63) is 42.5 Å². The number of likely N-dealkylation sites (N-methyl/N-ethyl adjacent to an activating group) is 1. The monoisotopic (exact) mass is 297 g/mol. The number of nitrogens with zero attached hydrogens (tertiary/aromatic N) is 2. The van der Waals surface area contributed by atoms with Gasteiger partial charge in [-0.05, 0) is 18.4 Å². The van der Waals surface area contributed by atoms with Crippen LogP contribution in [0.4, 0.5) is 5.69 Å². The normalized spacial score (nSPS) is 15.0. The number of anilines is 1. The largest absolute Gasteiger partial charge is 0.362 e. The van der Waals surface area contributed by atoms with E-state index < -0.39 is 0 Å². The number of benzene rings is 2. The van der Waals surface area contributed by atoms with E-state index >= 15 is 0 Å². The van der Waals surface area contributed by atoms with Crippen molar-refractivity contribution in [3.8, 4) is 0 Å². The minimum Gasteiger partial charge on any atom is -0.362 e. The van der Waals surface area contributed by atoms with Crippen LogP contribution in [0.1, 0.15) is 6.92 Å². The molecule has 0 saturated carbocycles. The fraction of sp³-hybridized carbons (Fsp3) is 0.389. The van der Waals surface area contributed by atoms with Crippen molar-refractivity contribution < 1.29 is 4.79 Å². The van der Waals surface area contributed by atoms with E-state index in [0.717, 1.165) is 38.4 Å². The van der Waals surface area contributed by atoms with Crippen LogP contribution in [0.3, 0.4) is 0 Å². The molecule has 0 atom stereocenters. The lowest BCUT2D eigenvalue weighted by atomic mass is 10.1. The molecular weight excluding hydrogens is 274 g/mol. The summed E-state index contributed by atoms with van der Waals surface area (Å²) in [4.78, 5) is 16.7. The van der Waals surface area contributed by atoms with Crippen LogP contribution in [-0.4, -0.2) is 50.1 Å². The molecular formula is C18H23N3O. The zero-order valence-electron chi connectivity index (χ0n) is 13.1. The Kier molecular flexibility index (Phi) is 4.59. The van der Waals surface area contributed by atoms with E-state index in [1.54, 1.807) is 0 Å². The van der Waals surface area contributed by atoms with E-state index in [-0.39, 0.29) is 5.91 Å². The Balaban J connectivity index is 1.82. The van der Waals surface area contributed by atoms with Gasteiger partial charge in [0, 0.05) is 43.8 Å². The molecule has 1 saturated heterocycles. The molecule has 3 rings (SSSR count). The van der Waals surface area contributed by atoms with Gasteiger partial charge in [0.2, 0.25) is 5.91 Å². The van der Waals surface area contributed by atoms with E-state index in [9.17, 15) is 4.79 Å². The van der Waals surface area contributed by atoms with Crippen LogP contribution in [0.25, 0.3) is 10.8 Å². The number of amides is 1. The van der Waals surface area contributed by atoms with Gasteiger partial charge >= 0.3 is 0 Å². The fourth-order valence-electron chi connectivity index (χ4n) is 3.03. The van der Waals surface area contributed by atoms with Crippen molar-refractivity contribution in [2.75, 3.05) is 44.2 Å². The molecule has 0 bridgehead atoms. The maximum atomic E-state index is 12.5. The topological polar surface area (TPSA) is 35.6 Å². The molecule has 1 fully saturated rings. The first-order chi connectivity index (χ1) is 10.8. The molecule has 1 aliphatic heterocycles. The zero-order valence-corrected chi connectivity index (χ0v) is 13.1. The molecule has 116 valence electrons. The summed E-state index contributed by atoms with van der Waals surface area (Å²) in [5, 5.41) is 5.71. The van der Waals surface area contributed by atoms with Crippen LogP contribution in [-0.2, 0) is 4.79 Å². The van der Waals surface area contributed by atoms with Gasteiger partial charge in [-0.25, -0.2) is 0 Å². The van der Waals surface area contributed by atoms with Gasteiger partial charge in [-0.1, -0.05) is 36.4 Å². The highest BCUT2D eigenvalue weighted by atomic mass is 16.2. The number of nitrogens with one attached hydrogen (secondary N) is 1. The third-order valence-corrected chi connectivity index (χ3v) is 4.28. The highest BCUT2D eigenvalue weighted by molar-refractivity contribution is 5.95. The molecule has 22 heavy (non-hydrogen) atoms. The number of carbonyl (C=O) groups excluding carboxylic acids is 1. The summed E-state index contributed by atoms with van der Waals surface area (Å²) in [5.74, 6) is 0.219. The number of hydrogen-bond donors (Lipinski definition) is 1. The zero-order chi connectivity index (χ0) is 15.4. The molecule has 2 aromatic carbocycles. The predicted octanol–water partition coefficient (Wildman–Crippen LogP) is 2.10. The third kappa shape index (κ3) is 3.07. The maximum Gasteiger partial charge on any atom is 0.242 e. The third-order valence-electron chi connectivity index (χ3n) is 4.28. The standard InChI is InChI=1S/C18H23N3O/c1-2-20(14-18(22)21-12-10-19-11-13-21)17-9-5-7-15-6-3-4-8-16(15)17/h3-9,19H,2,10-14H2,1H3. The summed E-state index contributed by atoms with van der Waals surface area (Å²) >= 11 is 0. The molecule has 0 spiro atoms. The summed E-state index contributed by atoms with van der Waals surface area (Å²) in [6.45, 7) is 6.79. The molecule has 1 heterocycles. The summed E-state index contributed by atoms with van der Waals surface area (Å²) in [6, 6.07) is 14.6. The molecule has 2 aromatic rings. The van der Waals surface area contributed by atoms with Crippen molar-refractivity contribution in [1.82, 2.24) is 10.2 Å². The molecule has 0 aliphatic carbocycles. The molecule has 1 aliphatic rings. The molecule has 4 nitrogen and oxygen atoms in total. The van der Waals surface area contributed by atoms with Gasteiger partial charge in [0.05, 0.1) is 6.54 Å². The van der Waals surface area contributed by atoms with E-state index in [1.807, 2.05) is 11.0 Å². The number of hydrogen-bond acceptors (Lipinski definition) is 3. The van der Waals surface area contributed by atoms with Gasteiger partial charge in [0.15, 0.2) is 0 Å². The quantitative estimate of drug-likeness (QED) is 0.939. The Morgan fingerprint density at radius 2 is 1.86 bits per heavy atom. The van der Waals surface area contributed by atoms with E-state index in [0.29, 0.717) is 6.54 Å². The number of piperazine rings is 1. The highest BCUT2D eigenvalue weighted by Gasteiger charge is 2.19. The molecule has 1 N–H and O–H groups in total. The summed E-state index contributed by atoms with van der Waals surface area (Å²) in [6.07, 6.45) is 0.